The van der Waals surface area contributed by atoms with E-state index in [1.807, 2.05) is 0 Å². The van der Waals surface area contributed by atoms with Gasteiger partial charge in [0, 0.05) is 18.1 Å². The molecule has 2 atom stereocenters. The first-order valence-electron chi connectivity index (χ1n) is 7.88. The van der Waals surface area contributed by atoms with Gasteiger partial charge >= 0.3 is 0 Å². The van der Waals surface area contributed by atoms with Gasteiger partial charge in [-0.25, -0.2) is 0 Å². The fourth-order valence-electron chi connectivity index (χ4n) is 3.95. The molecule has 0 radical (unpaired) electrons. The molecule has 0 aliphatic carbocycles. The molecule has 0 spiro atoms. The predicted molar refractivity (Wildman–Crippen MR) is 80.1 cm³/mol. The molecule has 2 nitrogen and oxygen atoms in total. The van der Waals surface area contributed by atoms with Crippen molar-refractivity contribution in [3.8, 4) is 0 Å². The van der Waals surface area contributed by atoms with Gasteiger partial charge in [-0.15, -0.1) is 0 Å². The van der Waals surface area contributed by atoms with Gasteiger partial charge in [-0.2, -0.15) is 0 Å². The van der Waals surface area contributed by atoms with Crippen LogP contribution in [0.15, 0.2) is 30.3 Å². The van der Waals surface area contributed by atoms with Gasteiger partial charge in [0.1, 0.15) is 0 Å². The van der Waals surface area contributed by atoms with Gasteiger partial charge in [-0.3, -0.25) is 4.90 Å². The number of nitrogens with two attached hydrogens (primary N) is 1. The minimum absolute atomic E-state index is 0.470. The second-order valence-electron chi connectivity index (χ2n) is 6.30. The zero-order valence-corrected chi connectivity index (χ0v) is 11.8. The van der Waals surface area contributed by atoms with Gasteiger partial charge < -0.3 is 5.73 Å². The highest BCUT2D eigenvalue weighted by Crippen LogP contribution is 2.35. The molecule has 2 fully saturated rings. The quantitative estimate of drug-likeness (QED) is 0.823. The number of piperidine rings is 1. The molecule has 19 heavy (non-hydrogen) atoms. The molecular weight excluding hydrogens is 232 g/mol. The van der Waals surface area contributed by atoms with Crippen molar-refractivity contribution in [2.24, 2.45) is 5.73 Å². The summed E-state index contributed by atoms with van der Waals surface area (Å²) in [5.41, 5.74) is 7.60. The van der Waals surface area contributed by atoms with Crippen molar-refractivity contribution in [3.05, 3.63) is 35.9 Å². The van der Waals surface area contributed by atoms with Crippen LogP contribution in [-0.4, -0.2) is 29.6 Å². The fraction of sp³-hybridized carbons (Fsp3) is 0.647. The van der Waals surface area contributed by atoms with Gasteiger partial charge in [-0.1, -0.05) is 30.3 Å². The van der Waals surface area contributed by atoms with Crippen molar-refractivity contribution >= 4 is 0 Å². The van der Waals surface area contributed by atoms with Crippen molar-refractivity contribution in [2.75, 3.05) is 6.54 Å². The minimum atomic E-state index is 0.470. The Hall–Kier alpha value is -0.860. The highest BCUT2D eigenvalue weighted by molar-refractivity contribution is 5.14. The summed E-state index contributed by atoms with van der Waals surface area (Å²) in [5.74, 6) is 0. The highest BCUT2D eigenvalue weighted by Gasteiger charge is 2.38. The predicted octanol–water partition coefficient (Wildman–Crippen LogP) is 2.96. The van der Waals surface area contributed by atoms with E-state index in [1.54, 1.807) is 0 Å². The molecule has 2 aliphatic heterocycles. The fourth-order valence-corrected chi connectivity index (χ4v) is 3.95. The van der Waals surface area contributed by atoms with E-state index in [0.29, 0.717) is 6.04 Å². The Morgan fingerprint density at radius 2 is 1.68 bits per heavy atom. The molecule has 2 N–H and O–H groups in total. The number of aryl methyl sites for hydroxylation is 1. The number of unbranched alkanes of at least 4 members (excludes halogenated alkanes) is 1. The van der Waals surface area contributed by atoms with Crippen molar-refractivity contribution in [3.63, 3.8) is 0 Å². The largest absolute Gasteiger partial charge is 0.328 e. The molecule has 2 bridgehead atoms. The molecule has 1 aromatic rings. The lowest BCUT2D eigenvalue weighted by atomic mass is 9.97. The van der Waals surface area contributed by atoms with Crippen molar-refractivity contribution < 1.29 is 0 Å². The number of benzene rings is 1. The SMILES string of the molecule is NC1CC2CCC(C1)N2CCCCc1ccccc1. The number of rotatable bonds is 5. The number of hydrogen-bond acceptors (Lipinski definition) is 2. The van der Waals surface area contributed by atoms with Gasteiger partial charge in [0.25, 0.3) is 0 Å². The Balaban J connectivity index is 1.41. The number of nitrogens with zero attached hydrogens (tertiary/aromatic N) is 1. The molecule has 0 saturated carbocycles. The molecule has 2 saturated heterocycles. The molecule has 0 aromatic heterocycles. The van der Waals surface area contributed by atoms with Gasteiger partial charge in [0.15, 0.2) is 0 Å². The monoisotopic (exact) mass is 258 g/mol. The van der Waals surface area contributed by atoms with Crippen LogP contribution in [0.5, 0.6) is 0 Å². The Morgan fingerprint density at radius 3 is 2.37 bits per heavy atom. The van der Waals surface area contributed by atoms with E-state index in [0.717, 1.165) is 12.1 Å². The van der Waals surface area contributed by atoms with Crippen LogP contribution in [0.2, 0.25) is 0 Å². The van der Waals surface area contributed by atoms with Crippen molar-refractivity contribution in [2.45, 2.75) is 63.1 Å². The van der Waals surface area contributed by atoms with Crippen LogP contribution in [-0.2, 0) is 6.42 Å². The van der Waals surface area contributed by atoms with E-state index in [2.05, 4.69) is 35.2 Å². The molecule has 2 aliphatic rings. The first-order chi connectivity index (χ1) is 9.33. The second kappa shape index (κ2) is 6.06. The van der Waals surface area contributed by atoms with E-state index in [9.17, 15) is 0 Å². The van der Waals surface area contributed by atoms with Crippen LogP contribution >= 0.6 is 0 Å². The average Bonchev–Trinajstić information content (AvgIpc) is 2.67. The van der Waals surface area contributed by atoms with Crippen LogP contribution in [0.3, 0.4) is 0 Å². The minimum Gasteiger partial charge on any atom is -0.328 e. The lowest BCUT2D eigenvalue weighted by Crippen LogP contribution is -2.47. The molecule has 0 amide bonds. The lowest BCUT2D eigenvalue weighted by molar-refractivity contribution is 0.125. The maximum absolute atomic E-state index is 6.12. The topological polar surface area (TPSA) is 29.3 Å². The standard InChI is InChI=1S/C17H26N2/c18-15-12-16-9-10-17(13-15)19(16)11-5-4-8-14-6-2-1-3-7-14/h1-3,6-7,15-17H,4-5,8-13,18H2. The van der Waals surface area contributed by atoms with Crippen molar-refractivity contribution in [1.82, 2.24) is 4.90 Å². The van der Waals surface area contributed by atoms with Crippen molar-refractivity contribution in [1.29, 1.82) is 0 Å². The number of fused-ring (bicyclic) bond motifs is 2. The van der Waals surface area contributed by atoms with Crippen LogP contribution in [0.25, 0.3) is 0 Å². The third-order valence-corrected chi connectivity index (χ3v) is 4.90. The van der Waals surface area contributed by atoms with E-state index < -0.39 is 0 Å². The Labute approximate surface area is 117 Å². The summed E-state index contributed by atoms with van der Waals surface area (Å²) in [6.07, 6.45) is 9.10. The molecule has 2 unspecified atom stereocenters. The Morgan fingerprint density at radius 1 is 1.00 bits per heavy atom. The summed E-state index contributed by atoms with van der Waals surface area (Å²) in [5, 5.41) is 0. The summed E-state index contributed by atoms with van der Waals surface area (Å²) in [6, 6.07) is 12.9. The zero-order valence-electron chi connectivity index (χ0n) is 11.8. The summed E-state index contributed by atoms with van der Waals surface area (Å²) < 4.78 is 0. The Kier molecular flexibility index (Phi) is 4.19. The second-order valence-corrected chi connectivity index (χ2v) is 6.30. The van der Waals surface area contributed by atoms with Crippen LogP contribution < -0.4 is 5.73 Å². The first-order valence-corrected chi connectivity index (χ1v) is 7.88. The van der Waals surface area contributed by atoms with Crippen LogP contribution in [0, 0.1) is 0 Å². The maximum Gasteiger partial charge on any atom is 0.0113 e. The van der Waals surface area contributed by atoms with Crippen LogP contribution in [0.1, 0.15) is 44.1 Å². The maximum atomic E-state index is 6.12. The van der Waals surface area contributed by atoms with Gasteiger partial charge in [0.05, 0.1) is 0 Å². The van der Waals surface area contributed by atoms with E-state index in [1.165, 1.54) is 57.1 Å². The molecule has 3 rings (SSSR count). The molecular formula is C17H26N2. The number of hydrogen-bond donors (Lipinski definition) is 1. The average molecular weight is 258 g/mol. The Bertz CT molecular complexity index is 376. The third kappa shape index (κ3) is 3.18. The van der Waals surface area contributed by atoms with Gasteiger partial charge in [-0.05, 0) is 57.1 Å². The summed E-state index contributed by atoms with van der Waals surface area (Å²) in [7, 11) is 0. The van der Waals surface area contributed by atoms with Gasteiger partial charge in [0.2, 0.25) is 0 Å². The summed E-state index contributed by atoms with van der Waals surface area (Å²) >= 11 is 0. The van der Waals surface area contributed by atoms with E-state index in [4.69, 9.17) is 5.73 Å². The smallest absolute Gasteiger partial charge is 0.0113 e. The molecule has 104 valence electrons. The highest BCUT2D eigenvalue weighted by atomic mass is 15.2. The third-order valence-electron chi connectivity index (χ3n) is 4.90. The lowest BCUT2D eigenvalue weighted by Gasteiger charge is -2.37. The molecule has 1 aromatic carbocycles. The first kappa shape index (κ1) is 13.1. The summed E-state index contributed by atoms with van der Waals surface area (Å²) in [4.78, 5) is 2.76. The molecule has 2 heterocycles. The van der Waals surface area contributed by atoms with E-state index >= 15 is 0 Å². The molecule has 2 heteroatoms. The van der Waals surface area contributed by atoms with Crippen LogP contribution in [0.4, 0.5) is 0 Å². The summed E-state index contributed by atoms with van der Waals surface area (Å²) in [6.45, 7) is 1.29. The van der Waals surface area contributed by atoms with E-state index in [-0.39, 0.29) is 0 Å². The normalized spacial score (nSPS) is 30.7. The zero-order chi connectivity index (χ0) is 13.1.